The number of aromatic nitrogens is 3. The van der Waals surface area contributed by atoms with Gasteiger partial charge in [-0.05, 0) is 31.1 Å². The first-order chi connectivity index (χ1) is 14.0. The number of morpholine rings is 1. The van der Waals surface area contributed by atoms with Crippen LogP contribution in [0.3, 0.4) is 0 Å². The Kier molecular flexibility index (Phi) is 6.11. The Labute approximate surface area is 174 Å². The fraction of sp³-hybridized carbons (Fsp3) is 0.857. The van der Waals surface area contributed by atoms with Gasteiger partial charge in [0.1, 0.15) is 0 Å². The quantitative estimate of drug-likeness (QED) is 0.749. The molecule has 4 rings (SSSR count). The van der Waals surface area contributed by atoms with Gasteiger partial charge in [-0.3, -0.25) is 14.3 Å². The van der Waals surface area contributed by atoms with Crippen LogP contribution in [0.15, 0.2) is 0 Å². The second kappa shape index (κ2) is 8.60. The molecule has 3 fully saturated rings. The Hall–Kier alpha value is -1.67. The average molecular weight is 405 g/mol. The maximum absolute atomic E-state index is 13.0. The van der Waals surface area contributed by atoms with E-state index in [1.807, 2.05) is 0 Å². The lowest BCUT2D eigenvalue weighted by atomic mass is 10.1. The van der Waals surface area contributed by atoms with Gasteiger partial charge in [-0.25, -0.2) is 0 Å². The number of hydrogen-bond acceptors (Lipinski definition) is 6. The molecule has 1 N–H and O–H groups in total. The fourth-order valence-electron chi connectivity index (χ4n) is 4.84. The highest BCUT2D eigenvalue weighted by molar-refractivity contribution is 5.91. The molecular formula is C21H36N6O2. The van der Waals surface area contributed by atoms with Gasteiger partial charge >= 0.3 is 0 Å². The van der Waals surface area contributed by atoms with E-state index in [4.69, 9.17) is 4.74 Å². The number of nitrogens with one attached hydrogen (secondary N) is 1. The normalized spacial score (nSPS) is 27.4. The largest absolute Gasteiger partial charge is 0.378 e. The third-order valence-corrected chi connectivity index (χ3v) is 6.92. The monoisotopic (exact) mass is 404 g/mol. The van der Waals surface area contributed by atoms with Gasteiger partial charge < -0.3 is 15.0 Å². The highest BCUT2D eigenvalue weighted by Gasteiger charge is 2.45. The van der Waals surface area contributed by atoms with Crippen LogP contribution < -0.4 is 10.2 Å². The summed E-state index contributed by atoms with van der Waals surface area (Å²) in [5, 5.41) is 12.1. The highest BCUT2D eigenvalue weighted by Crippen LogP contribution is 2.50. The molecule has 3 atom stereocenters. The van der Waals surface area contributed by atoms with Crippen LogP contribution in [-0.4, -0.2) is 77.0 Å². The molecule has 2 aliphatic heterocycles. The minimum Gasteiger partial charge on any atom is -0.378 e. The van der Waals surface area contributed by atoms with Gasteiger partial charge in [0.15, 0.2) is 0 Å². The third kappa shape index (κ3) is 4.14. The maximum Gasteiger partial charge on any atom is 0.289 e. The topological polar surface area (TPSA) is 75.5 Å². The molecule has 162 valence electrons. The first-order valence-electron chi connectivity index (χ1n) is 11.4. The minimum absolute atomic E-state index is 0.0912. The number of piperazine rings is 1. The Morgan fingerprint density at radius 1 is 1.21 bits per heavy atom. The van der Waals surface area contributed by atoms with E-state index >= 15 is 0 Å². The number of amides is 1. The van der Waals surface area contributed by atoms with Crippen molar-refractivity contribution in [2.75, 3.05) is 44.3 Å². The molecule has 1 aromatic heterocycles. The zero-order chi connectivity index (χ0) is 20.5. The number of hydrogen-bond donors (Lipinski definition) is 1. The maximum atomic E-state index is 13.0. The van der Waals surface area contributed by atoms with Crippen molar-refractivity contribution in [3.63, 3.8) is 0 Å². The molecule has 1 aliphatic carbocycles. The molecule has 29 heavy (non-hydrogen) atoms. The van der Waals surface area contributed by atoms with E-state index in [1.54, 1.807) is 0 Å². The summed E-state index contributed by atoms with van der Waals surface area (Å²) in [5.74, 6) is 2.42. The van der Waals surface area contributed by atoms with E-state index in [-0.39, 0.29) is 11.9 Å². The molecule has 1 saturated carbocycles. The van der Waals surface area contributed by atoms with E-state index in [9.17, 15) is 4.79 Å². The Balaban J connectivity index is 1.59. The molecule has 0 spiro atoms. The lowest BCUT2D eigenvalue weighted by molar-refractivity contribution is -0.0120. The van der Waals surface area contributed by atoms with Crippen molar-refractivity contribution in [3.8, 4) is 0 Å². The molecule has 3 aliphatic rings. The van der Waals surface area contributed by atoms with Crippen LogP contribution >= 0.6 is 0 Å². The number of nitrogens with zero attached hydrogens (tertiary/aromatic N) is 5. The molecule has 8 heteroatoms. The van der Waals surface area contributed by atoms with Crippen LogP contribution in [0, 0.1) is 11.8 Å². The Bertz CT molecular complexity index is 716. The molecule has 1 aromatic rings. The number of ether oxygens (including phenoxy) is 1. The van der Waals surface area contributed by atoms with E-state index in [1.165, 1.54) is 0 Å². The van der Waals surface area contributed by atoms with E-state index in [0.717, 1.165) is 64.6 Å². The summed E-state index contributed by atoms with van der Waals surface area (Å²) in [4.78, 5) is 17.9. The molecule has 8 nitrogen and oxygen atoms in total. The summed E-state index contributed by atoms with van der Waals surface area (Å²) in [7, 11) is 0. The Morgan fingerprint density at radius 2 is 2.00 bits per heavy atom. The number of fused-ring (bicyclic) bond motifs is 1. The van der Waals surface area contributed by atoms with Gasteiger partial charge in [0.05, 0.1) is 19.3 Å². The molecule has 0 radical (unpaired) electrons. The van der Waals surface area contributed by atoms with Crippen LogP contribution in [0.4, 0.5) is 5.95 Å². The second-order valence-electron chi connectivity index (χ2n) is 9.10. The van der Waals surface area contributed by atoms with Crippen LogP contribution in [0.5, 0.6) is 0 Å². The van der Waals surface area contributed by atoms with E-state index < -0.39 is 0 Å². The SMILES string of the molecule is CCC(CC)NC(=O)c1nnc(N2CCN3CCOCC3C2)n1[C@@H]1C[C@H]1C(C)C. The van der Waals surface area contributed by atoms with Crippen molar-refractivity contribution >= 4 is 11.9 Å². The van der Waals surface area contributed by atoms with Crippen molar-refractivity contribution in [1.82, 2.24) is 25.0 Å². The number of carbonyl (C=O) groups is 1. The first-order valence-corrected chi connectivity index (χ1v) is 11.4. The zero-order valence-electron chi connectivity index (χ0n) is 18.3. The lowest BCUT2D eigenvalue weighted by Gasteiger charge is -2.43. The summed E-state index contributed by atoms with van der Waals surface area (Å²) in [6.45, 7) is 14.1. The van der Waals surface area contributed by atoms with Crippen molar-refractivity contribution in [2.24, 2.45) is 11.8 Å². The summed E-state index contributed by atoms with van der Waals surface area (Å²) in [6, 6.07) is 0.895. The van der Waals surface area contributed by atoms with Gasteiger partial charge in [0.2, 0.25) is 11.8 Å². The number of anilines is 1. The average Bonchev–Trinajstić information content (AvgIpc) is 3.42. The van der Waals surface area contributed by atoms with Crippen LogP contribution in [-0.2, 0) is 4.74 Å². The molecule has 0 bridgehead atoms. The summed E-state index contributed by atoms with van der Waals surface area (Å²) >= 11 is 0. The van der Waals surface area contributed by atoms with Crippen molar-refractivity contribution in [2.45, 2.75) is 65.1 Å². The predicted octanol–water partition coefficient (Wildman–Crippen LogP) is 1.93. The van der Waals surface area contributed by atoms with Crippen LogP contribution in [0.2, 0.25) is 0 Å². The van der Waals surface area contributed by atoms with E-state index in [2.05, 4.69) is 57.6 Å². The van der Waals surface area contributed by atoms with Crippen molar-refractivity contribution < 1.29 is 9.53 Å². The predicted molar refractivity (Wildman–Crippen MR) is 112 cm³/mol. The molecule has 1 unspecified atom stereocenters. The highest BCUT2D eigenvalue weighted by atomic mass is 16.5. The van der Waals surface area contributed by atoms with Crippen molar-refractivity contribution in [3.05, 3.63) is 5.82 Å². The summed E-state index contributed by atoms with van der Waals surface area (Å²) < 4.78 is 7.84. The molecule has 2 saturated heterocycles. The summed E-state index contributed by atoms with van der Waals surface area (Å²) in [6.07, 6.45) is 2.94. The first kappa shape index (κ1) is 20.6. The van der Waals surface area contributed by atoms with E-state index in [0.29, 0.717) is 29.7 Å². The zero-order valence-corrected chi connectivity index (χ0v) is 18.3. The molecular weight excluding hydrogens is 368 g/mol. The van der Waals surface area contributed by atoms with Gasteiger partial charge in [0, 0.05) is 38.3 Å². The van der Waals surface area contributed by atoms with Gasteiger partial charge in [-0.15, -0.1) is 10.2 Å². The number of rotatable bonds is 7. The van der Waals surface area contributed by atoms with Crippen molar-refractivity contribution in [1.29, 1.82) is 0 Å². The van der Waals surface area contributed by atoms with Gasteiger partial charge in [-0.1, -0.05) is 27.7 Å². The van der Waals surface area contributed by atoms with Crippen LogP contribution in [0.1, 0.15) is 63.6 Å². The van der Waals surface area contributed by atoms with Crippen LogP contribution in [0.25, 0.3) is 0 Å². The smallest absolute Gasteiger partial charge is 0.289 e. The second-order valence-corrected chi connectivity index (χ2v) is 9.10. The molecule has 0 aromatic carbocycles. The Morgan fingerprint density at radius 3 is 2.69 bits per heavy atom. The summed E-state index contributed by atoms with van der Waals surface area (Å²) in [5.41, 5.74) is 0. The molecule has 1 amide bonds. The molecule has 3 heterocycles. The number of carbonyl (C=O) groups excluding carboxylic acids is 1. The lowest BCUT2D eigenvalue weighted by Crippen LogP contribution is -2.58. The third-order valence-electron chi connectivity index (χ3n) is 6.92. The fourth-order valence-corrected chi connectivity index (χ4v) is 4.84. The standard InChI is InChI=1S/C21H36N6O2/c1-5-15(6-2)22-20(28)19-23-24-21(27(19)18-11-17(18)14(3)4)26-8-7-25-9-10-29-13-16(25)12-26/h14-18H,5-13H2,1-4H3,(H,22,28)/t16?,17-,18+/m0/s1. The minimum atomic E-state index is -0.0912. The van der Waals surface area contributed by atoms with Gasteiger partial charge in [0.25, 0.3) is 5.91 Å². The van der Waals surface area contributed by atoms with Gasteiger partial charge in [-0.2, -0.15) is 0 Å².